The molecule has 0 saturated heterocycles. The zero-order valence-corrected chi connectivity index (χ0v) is 12.1. The number of methoxy groups -OCH3 is 1. The van der Waals surface area contributed by atoms with Gasteiger partial charge in [-0.3, -0.25) is 4.72 Å². The number of hydrogen-bond acceptors (Lipinski definition) is 4. The minimum atomic E-state index is -3.64. The highest BCUT2D eigenvalue weighted by atomic mass is 32.2. The lowest BCUT2D eigenvalue weighted by Gasteiger charge is -2.10. The molecule has 0 aliphatic carbocycles. The molecule has 20 heavy (non-hydrogen) atoms. The zero-order valence-electron chi connectivity index (χ0n) is 11.3. The summed E-state index contributed by atoms with van der Waals surface area (Å²) in [5.41, 5.74) is 7.42. The maximum Gasteiger partial charge on any atom is 0.261 e. The van der Waals surface area contributed by atoms with E-state index in [0.717, 1.165) is 5.56 Å². The van der Waals surface area contributed by atoms with Crippen molar-refractivity contribution in [1.82, 2.24) is 0 Å². The number of nitrogens with two attached hydrogens (primary N) is 1. The predicted octanol–water partition coefficient (Wildman–Crippen LogP) is 2.39. The van der Waals surface area contributed by atoms with Crippen molar-refractivity contribution < 1.29 is 13.2 Å². The van der Waals surface area contributed by atoms with Gasteiger partial charge in [0.2, 0.25) is 0 Å². The number of nitrogens with one attached hydrogen (secondary N) is 1. The first-order valence-electron chi connectivity index (χ1n) is 5.95. The van der Waals surface area contributed by atoms with E-state index in [4.69, 9.17) is 10.5 Å². The Kier molecular flexibility index (Phi) is 3.85. The average Bonchev–Trinajstić information content (AvgIpc) is 2.41. The first-order valence-corrected chi connectivity index (χ1v) is 7.44. The number of ether oxygens (including phenoxy) is 1. The molecule has 0 saturated carbocycles. The SMILES string of the molecule is COc1cccc(NS(=O)(=O)c2ccc(N)c(C)c2)c1. The van der Waals surface area contributed by atoms with Crippen LogP contribution in [0.25, 0.3) is 0 Å². The van der Waals surface area contributed by atoms with Gasteiger partial charge in [0.05, 0.1) is 17.7 Å². The third kappa shape index (κ3) is 3.03. The Hall–Kier alpha value is -2.21. The van der Waals surface area contributed by atoms with E-state index in [1.807, 2.05) is 0 Å². The molecule has 0 aromatic heterocycles. The summed E-state index contributed by atoms with van der Waals surface area (Å²) in [6.07, 6.45) is 0. The Balaban J connectivity index is 2.32. The van der Waals surface area contributed by atoms with Crippen LogP contribution >= 0.6 is 0 Å². The molecule has 0 unspecified atom stereocenters. The summed E-state index contributed by atoms with van der Waals surface area (Å²) >= 11 is 0. The number of benzene rings is 2. The van der Waals surface area contributed by atoms with E-state index in [-0.39, 0.29) is 4.90 Å². The quantitative estimate of drug-likeness (QED) is 0.848. The van der Waals surface area contributed by atoms with Gasteiger partial charge in [0.1, 0.15) is 5.75 Å². The van der Waals surface area contributed by atoms with Gasteiger partial charge in [-0.2, -0.15) is 0 Å². The molecular formula is C14H16N2O3S. The molecule has 2 aromatic carbocycles. The second-order valence-corrected chi connectivity index (χ2v) is 6.04. The van der Waals surface area contributed by atoms with Crippen molar-refractivity contribution in [2.24, 2.45) is 0 Å². The van der Waals surface area contributed by atoms with Gasteiger partial charge >= 0.3 is 0 Å². The van der Waals surface area contributed by atoms with Crippen molar-refractivity contribution in [3.63, 3.8) is 0 Å². The van der Waals surface area contributed by atoms with Crippen molar-refractivity contribution in [2.75, 3.05) is 17.6 Å². The first-order chi connectivity index (χ1) is 9.42. The Morgan fingerprint density at radius 3 is 2.55 bits per heavy atom. The lowest BCUT2D eigenvalue weighted by atomic mass is 10.2. The molecule has 5 nitrogen and oxygen atoms in total. The monoisotopic (exact) mass is 292 g/mol. The molecule has 0 heterocycles. The fourth-order valence-corrected chi connectivity index (χ4v) is 2.85. The number of hydrogen-bond donors (Lipinski definition) is 2. The highest BCUT2D eigenvalue weighted by Gasteiger charge is 2.15. The van der Waals surface area contributed by atoms with Gasteiger partial charge in [0, 0.05) is 11.8 Å². The van der Waals surface area contributed by atoms with E-state index in [9.17, 15) is 8.42 Å². The summed E-state index contributed by atoms with van der Waals surface area (Å²) < 4.78 is 32.1. The highest BCUT2D eigenvalue weighted by Crippen LogP contribution is 2.22. The summed E-state index contributed by atoms with van der Waals surface area (Å²) in [5, 5.41) is 0. The molecule has 106 valence electrons. The molecule has 0 bridgehead atoms. The third-order valence-electron chi connectivity index (χ3n) is 2.87. The number of aryl methyl sites for hydroxylation is 1. The Labute approximate surface area is 118 Å². The van der Waals surface area contributed by atoms with E-state index >= 15 is 0 Å². The van der Waals surface area contributed by atoms with Crippen molar-refractivity contribution in [3.05, 3.63) is 48.0 Å². The number of nitrogen functional groups attached to an aromatic ring is 1. The van der Waals surface area contributed by atoms with Gasteiger partial charge in [-0.1, -0.05) is 6.07 Å². The summed E-state index contributed by atoms with van der Waals surface area (Å²) in [6.45, 7) is 1.76. The zero-order chi connectivity index (χ0) is 14.8. The minimum Gasteiger partial charge on any atom is -0.497 e. The second kappa shape index (κ2) is 5.42. The number of rotatable bonds is 4. The summed E-state index contributed by atoms with van der Waals surface area (Å²) in [6, 6.07) is 11.3. The highest BCUT2D eigenvalue weighted by molar-refractivity contribution is 7.92. The van der Waals surface area contributed by atoms with E-state index in [1.54, 1.807) is 37.3 Å². The van der Waals surface area contributed by atoms with Crippen LogP contribution in [0.2, 0.25) is 0 Å². The van der Waals surface area contributed by atoms with Gasteiger partial charge in [0.25, 0.3) is 10.0 Å². The predicted molar refractivity (Wildman–Crippen MR) is 79.4 cm³/mol. The fourth-order valence-electron chi connectivity index (χ4n) is 1.72. The van der Waals surface area contributed by atoms with Crippen LogP contribution < -0.4 is 15.2 Å². The molecule has 0 amide bonds. The molecule has 2 aromatic rings. The molecule has 3 N–H and O–H groups in total. The van der Waals surface area contributed by atoms with Gasteiger partial charge in [-0.25, -0.2) is 8.42 Å². The third-order valence-corrected chi connectivity index (χ3v) is 4.25. The van der Waals surface area contributed by atoms with Crippen molar-refractivity contribution in [1.29, 1.82) is 0 Å². The van der Waals surface area contributed by atoms with Crippen LogP contribution in [-0.2, 0) is 10.0 Å². The fraction of sp³-hybridized carbons (Fsp3) is 0.143. The molecule has 6 heteroatoms. The van der Waals surface area contributed by atoms with Crippen LogP contribution in [0.3, 0.4) is 0 Å². The van der Waals surface area contributed by atoms with Crippen LogP contribution in [0.1, 0.15) is 5.56 Å². The topological polar surface area (TPSA) is 81.4 Å². The van der Waals surface area contributed by atoms with Crippen molar-refractivity contribution in [2.45, 2.75) is 11.8 Å². The first kappa shape index (κ1) is 14.2. The van der Waals surface area contributed by atoms with Crippen LogP contribution in [0, 0.1) is 6.92 Å². The van der Waals surface area contributed by atoms with Gasteiger partial charge in [-0.05, 0) is 42.8 Å². The molecule has 2 rings (SSSR count). The van der Waals surface area contributed by atoms with Crippen molar-refractivity contribution in [3.8, 4) is 5.75 Å². The Bertz CT molecular complexity index is 727. The van der Waals surface area contributed by atoms with E-state index in [0.29, 0.717) is 17.1 Å². The number of sulfonamides is 1. The Morgan fingerprint density at radius 2 is 1.90 bits per heavy atom. The maximum atomic E-state index is 12.3. The maximum absolute atomic E-state index is 12.3. The van der Waals surface area contributed by atoms with Crippen LogP contribution in [0.5, 0.6) is 5.75 Å². The lowest BCUT2D eigenvalue weighted by Crippen LogP contribution is -2.13. The molecule has 0 spiro atoms. The van der Waals surface area contributed by atoms with E-state index in [1.165, 1.54) is 19.2 Å². The second-order valence-electron chi connectivity index (χ2n) is 4.36. The van der Waals surface area contributed by atoms with Gasteiger partial charge < -0.3 is 10.5 Å². The molecule has 0 aliphatic rings. The molecule has 0 aliphatic heterocycles. The smallest absolute Gasteiger partial charge is 0.261 e. The lowest BCUT2D eigenvalue weighted by molar-refractivity contribution is 0.415. The Morgan fingerprint density at radius 1 is 1.15 bits per heavy atom. The molecule has 0 fully saturated rings. The van der Waals surface area contributed by atoms with Gasteiger partial charge in [0.15, 0.2) is 0 Å². The average molecular weight is 292 g/mol. The van der Waals surface area contributed by atoms with E-state index < -0.39 is 10.0 Å². The normalized spacial score (nSPS) is 11.1. The summed E-state index contributed by atoms with van der Waals surface area (Å²) in [5.74, 6) is 0.582. The molecule has 0 atom stereocenters. The molecular weight excluding hydrogens is 276 g/mol. The number of anilines is 2. The standard InChI is InChI=1S/C14H16N2O3S/c1-10-8-13(6-7-14(10)15)20(17,18)16-11-4-3-5-12(9-11)19-2/h3-9,16H,15H2,1-2H3. The molecule has 0 radical (unpaired) electrons. The van der Waals surface area contributed by atoms with E-state index in [2.05, 4.69) is 4.72 Å². The van der Waals surface area contributed by atoms with Crippen molar-refractivity contribution >= 4 is 21.4 Å². The summed E-state index contributed by atoms with van der Waals surface area (Å²) in [7, 11) is -2.11. The van der Waals surface area contributed by atoms with Crippen LogP contribution in [-0.4, -0.2) is 15.5 Å². The van der Waals surface area contributed by atoms with Crippen LogP contribution in [0.4, 0.5) is 11.4 Å². The van der Waals surface area contributed by atoms with Gasteiger partial charge in [-0.15, -0.1) is 0 Å². The van der Waals surface area contributed by atoms with Crippen LogP contribution in [0.15, 0.2) is 47.4 Å². The largest absolute Gasteiger partial charge is 0.497 e. The summed E-state index contributed by atoms with van der Waals surface area (Å²) in [4.78, 5) is 0.173. The minimum absolute atomic E-state index is 0.173.